The summed E-state index contributed by atoms with van der Waals surface area (Å²) >= 11 is 0. The van der Waals surface area contributed by atoms with E-state index in [-0.39, 0.29) is 0 Å². The van der Waals surface area contributed by atoms with Crippen LogP contribution in [0.25, 0.3) is 5.82 Å². The van der Waals surface area contributed by atoms with E-state index >= 15 is 0 Å². The van der Waals surface area contributed by atoms with Crippen molar-refractivity contribution >= 4 is 11.5 Å². The van der Waals surface area contributed by atoms with E-state index in [2.05, 4.69) is 20.4 Å². The average molecular weight is 267 g/mol. The van der Waals surface area contributed by atoms with Gasteiger partial charge in [-0.1, -0.05) is 0 Å². The Labute approximate surface area is 116 Å². The minimum absolute atomic E-state index is 0.704. The fraction of sp³-hybridized carbons (Fsp3) is 0.0714. The largest absolute Gasteiger partial charge is 0.497 e. The number of nitrogens with zero attached hydrogens (tertiary/aromatic N) is 4. The van der Waals surface area contributed by atoms with Crippen molar-refractivity contribution in [2.45, 2.75) is 0 Å². The molecule has 0 saturated carbocycles. The van der Waals surface area contributed by atoms with Gasteiger partial charge in [0.05, 0.1) is 7.11 Å². The fourth-order valence-electron chi connectivity index (χ4n) is 1.77. The molecule has 0 bridgehead atoms. The van der Waals surface area contributed by atoms with Crippen LogP contribution >= 0.6 is 0 Å². The minimum atomic E-state index is 0.704. The molecule has 1 N–H and O–H groups in total. The Morgan fingerprint density at radius 2 is 2.00 bits per heavy atom. The van der Waals surface area contributed by atoms with Crippen LogP contribution in [0.2, 0.25) is 0 Å². The van der Waals surface area contributed by atoms with Gasteiger partial charge in [0.2, 0.25) is 0 Å². The summed E-state index contributed by atoms with van der Waals surface area (Å²) in [6.07, 6.45) is 5.04. The minimum Gasteiger partial charge on any atom is -0.497 e. The lowest BCUT2D eigenvalue weighted by Gasteiger charge is -2.07. The number of hydrogen-bond donors (Lipinski definition) is 1. The van der Waals surface area contributed by atoms with E-state index in [1.54, 1.807) is 18.0 Å². The topological polar surface area (TPSA) is 64.9 Å². The maximum absolute atomic E-state index is 5.12. The molecule has 1 aromatic carbocycles. The van der Waals surface area contributed by atoms with Gasteiger partial charge >= 0.3 is 0 Å². The van der Waals surface area contributed by atoms with Crippen molar-refractivity contribution in [1.82, 2.24) is 19.7 Å². The Kier molecular flexibility index (Phi) is 3.28. The van der Waals surface area contributed by atoms with Gasteiger partial charge in [-0.05, 0) is 30.3 Å². The van der Waals surface area contributed by atoms with E-state index in [0.717, 1.165) is 11.4 Å². The lowest BCUT2D eigenvalue weighted by molar-refractivity contribution is 0.415. The molecule has 0 aliphatic carbocycles. The second kappa shape index (κ2) is 5.40. The highest BCUT2D eigenvalue weighted by molar-refractivity contribution is 5.58. The lowest BCUT2D eigenvalue weighted by atomic mass is 10.3. The first kappa shape index (κ1) is 12.2. The summed E-state index contributed by atoms with van der Waals surface area (Å²) < 4.78 is 6.80. The molecule has 6 nitrogen and oxygen atoms in total. The third-order valence-corrected chi connectivity index (χ3v) is 2.75. The number of benzene rings is 1. The summed E-state index contributed by atoms with van der Waals surface area (Å²) in [5, 5.41) is 7.35. The van der Waals surface area contributed by atoms with Crippen molar-refractivity contribution < 1.29 is 4.74 Å². The standard InChI is InChI=1S/C14H13N5O/c1-20-12-5-3-11(4-6-12)18-13-9-14(16-10-15-13)19-8-2-7-17-19/h2-10H,1H3,(H,15,16,18). The van der Waals surface area contributed by atoms with E-state index in [9.17, 15) is 0 Å². The smallest absolute Gasteiger partial charge is 0.158 e. The lowest BCUT2D eigenvalue weighted by Crippen LogP contribution is -2.01. The number of anilines is 2. The first-order valence-corrected chi connectivity index (χ1v) is 6.08. The zero-order chi connectivity index (χ0) is 13.8. The second-order valence-corrected chi connectivity index (χ2v) is 4.07. The van der Waals surface area contributed by atoms with Crippen molar-refractivity contribution in [3.8, 4) is 11.6 Å². The van der Waals surface area contributed by atoms with Crippen LogP contribution in [-0.2, 0) is 0 Å². The van der Waals surface area contributed by atoms with Gasteiger partial charge in [0.25, 0.3) is 0 Å². The quantitative estimate of drug-likeness (QED) is 0.786. The number of rotatable bonds is 4. The van der Waals surface area contributed by atoms with Crippen LogP contribution in [0.3, 0.4) is 0 Å². The van der Waals surface area contributed by atoms with Crippen molar-refractivity contribution in [3.63, 3.8) is 0 Å². The molecule has 0 aliphatic rings. The van der Waals surface area contributed by atoms with Gasteiger partial charge < -0.3 is 10.1 Å². The number of hydrogen-bond acceptors (Lipinski definition) is 5. The van der Waals surface area contributed by atoms with Crippen molar-refractivity contribution in [3.05, 3.63) is 55.1 Å². The number of aromatic nitrogens is 4. The third-order valence-electron chi connectivity index (χ3n) is 2.75. The first-order valence-electron chi connectivity index (χ1n) is 6.08. The summed E-state index contributed by atoms with van der Waals surface area (Å²) in [5.41, 5.74) is 0.927. The molecular weight excluding hydrogens is 254 g/mol. The summed E-state index contributed by atoms with van der Waals surface area (Å²) in [7, 11) is 1.64. The van der Waals surface area contributed by atoms with Crippen molar-refractivity contribution in [2.24, 2.45) is 0 Å². The van der Waals surface area contributed by atoms with Gasteiger partial charge in [-0.2, -0.15) is 5.10 Å². The second-order valence-electron chi connectivity index (χ2n) is 4.07. The molecule has 20 heavy (non-hydrogen) atoms. The molecule has 0 amide bonds. The molecule has 2 heterocycles. The van der Waals surface area contributed by atoms with E-state index in [0.29, 0.717) is 11.6 Å². The molecule has 3 aromatic rings. The molecule has 6 heteroatoms. The molecule has 0 fully saturated rings. The van der Waals surface area contributed by atoms with Crippen molar-refractivity contribution in [2.75, 3.05) is 12.4 Å². The number of nitrogens with one attached hydrogen (secondary N) is 1. The summed E-state index contributed by atoms with van der Waals surface area (Å²) in [5.74, 6) is 2.23. The molecule has 3 rings (SSSR count). The van der Waals surface area contributed by atoms with Gasteiger partial charge in [-0.3, -0.25) is 0 Å². The van der Waals surface area contributed by atoms with Gasteiger partial charge in [-0.15, -0.1) is 0 Å². The fourth-order valence-corrected chi connectivity index (χ4v) is 1.77. The molecule has 0 saturated heterocycles. The molecule has 0 atom stereocenters. The van der Waals surface area contributed by atoms with Crippen LogP contribution in [-0.4, -0.2) is 26.9 Å². The summed E-state index contributed by atoms with van der Waals surface area (Å²) in [6.45, 7) is 0. The van der Waals surface area contributed by atoms with Crippen LogP contribution < -0.4 is 10.1 Å². The van der Waals surface area contributed by atoms with E-state index in [4.69, 9.17) is 4.74 Å². The zero-order valence-corrected chi connectivity index (χ0v) is 10.9. The molecule has 0 aliphatic heterocycles. The van der Waals surface area contributed by atoms with Crippen LogP contribution in [0.4, 0.5) is 11.5 Å². The number of ether oxygens (including phenoxy) is 1. The van der Waals surface area contributed by atoms with E-state index < -0.39 is 0 Å². The van der Waals surface area contributed by atoms with Crippen molar-refractivity contribution in [1.29, 1.82) is 0 Å². The van der Waals surface area contributed by atoms with Crippen LogP contribution in [0.15, 0.2) is 55.1 Å². The number of methoxy groups -OCH3 is 1. The predicted molar refractivity (Wildman–Crippen MR) is 75.4 cm³/mol. The average Bonchev–Trinajstić information content (AvgIpc) is 3.03. The Hall–Kier alpha value is -2.89. The molecule has 0 spiro atoms. The molecule has 100 valence electrons. The normalized spacial score (nSPS) is 10.2. The third kappa shape index (κ3) is 2.59. The predicted octanol–water partition coefficient (Wildman–Crippen LogP) is 2.41. The van der Waals surface area contributed by atoms with Gasteiger partial charge in [0.15, 0.2) is 5.82 Å². The highest BCUT2D eigenvalue weighted by Gasteiger charge is 2.02. The Morgan fingerprint density at radius 1 is 1.15 bits per heavy atom. The maximum Gasteiger partial charge on any atom is 0.158 e. The SMILES string of the molecule is COc1ccc(Nc2cc(-n3cccn3)ncn2)cc1. The van der Waals surface area contributed by atoms with Crippen LogP contribution in [0, 0.1) is 0 Å². The van der Waals surface area contributed by atoms with E-state index in [1.165, 1.54) is 6.33 Å². The molecular formula is C14H13N5O. The Morgan fingerprint density at radius 3 is 2.70 bits per heavy atom. The molecule has 0 unspecified atom stereocenters. The van der Waals surface area contributed by atoms with Crippen LogP contribution in [0.1, 0.15) is 0 Å². The van der Waals surface area contributed by atoms with Gasteiger partial charge in [0.1, 0.15) is 17.9 Å². The monoisotopic (exact) mass is 267 g/mol. The summed E-state index contributed by atoms with van der Waals surface area (Å²) in [4.78, 5) is 8.37. The maximum atomic E-state index is 5.12. The molecule has 2 aromatic heterocycles. The first-order chi connectivity index (χ1) is 9.85. The Bertz CT molecular complexity index is 679. The highest BCUT2D eigenvalue weighted by Crippen LogP contribution is 2.19. The highest BCUT2D eigenvalue weighted by atomic mass is 16.5. The zero-order valence-electron chi connectivity index (χ0n) is 10.9. The molecule has 0 radical (unpaired) electrons. The van der Waals surface area contributed by atoms with E-state index in [1.807, 2.05) is 42.6 Å². The van der Waals surface area contributed by atoms with Gasteiger partial charge in [-0.25, -0.2) is 14.6 Å². The summed E-state index contributed by atoms with van der Waals surface area (Å²) in [6, 6.07) is 11.3. The Balaban J connectivity index is 1.82. The van der Waals surface area contributed by atoms with Crippen LogP contribution in [0.5, 0.6) is 5.75 Å². The van der Waals surface area contributed by atoms with Gasteiger partial charge in [0, 0.05) is 24.1 Å².